The van der Waals surface area contributed by atoms with Crippen molar-refractivity contribution in [2.75, 3.05) is 14.1 Å². The smallest absolute Gasteiger partial charge is 0.303 e. The lowest BCUT2D eigenvalue weighted by Crippen LogP contribution is -2.85. The molecule has 0 aromatic heterocycles. The Hall–Kier alpha value is 0.0569. The van der Waals surface area contributed by atoms with Gasteiger partial charge >= 0.3 is 8.72 Å². The summed E-state index contributed by atoms with van der Waals surface area (Å²) >= 11 is 0. The zero-order chi connectivity index (χ0) is 18.2. The van der Waals surface area contributed by atoms with Gasteiger partial charge < -0.3 is 9.96 Å². The number of nitrogens with zero attached hydrogens (tertiary/aromatic N) is 2. The van der Waals surface area contributed by atoms with Crippen LogP contribution in [0.2, 0.25) is 0 Å². The van der Waals surface area contributed by atoms with Gasteiger partial charge in [-0.2, -0.15) is 0 Å². The molecule has 4 unspecified atom stereocenters. The van der Waals surface area contributed by atoms with E-state index < -0.39 is 8.72 Å². The monoisotopic (exact) mass is 344 g/mol. The lowest BCUT2D eigenvalue weighted by molar-refractivity contribution is 0.156. The van der Waals surface area contributed by atoms with Gasteiger partial charge in [-0.25, -0.2) is 0 Å². The van der Waals surface area contributed by atoms with E-state index in [0.29, 0.717) is 24.2 Å². The van der Waals surface area contributed by atoms with Crippen LogP contribution in [-0.4, -0.2) is 56.1 Å². The van der Waals surface area contributed by atoms with Gasteiger partial charge in [0.2, 0.25) is 0 Å². The molecule has 0 fully saturated rings. The summed E-state index contributed by atoms with van der Waals surface area (Å²) in [6.45, 7) is 18.8. The van der Waals surface area contributed by atoms with Crippen molar-refractivity contribution in [3.05, 3.63) is 0 Å². The van der Waals surface area contributed by atoms with Crippen LogP contribution in [-0.2, 0) is 0 Å². The molecule has 23 heavy (non-hydrogen) atoms. The summed E-state index contributed by atoms with van der Waals surface area (Å²) in [7, 11) is 2.13. The summed E-state index contributed by atoms with van der Waals surface area (Å²) in [6.07, 6.45) is 4.71. The maximum Gasteiger partial charge on any atom is 0.371 e. The standard InChI is InChI=1S/C18H44N4Si/c1-11-15(5)21(16(6)12-2)23(19-9,20-10)22(17(7)13-3)18(8)14-4/h15-20H,11-14H2,1-10H3. The molecule has 0 rings (SSSR count). The summed E-state index contributed by atoms with van der Waals surface area (Å²) in [5, 5.41) is 0. The van der Waals surface area contributed by atoms with Gasteiger partial charge in [0.15, 0.2) is 0 Å². The first-order valence-corrected chi connectivity index (χ1v) is 11.6. The lowest BCUT2D eigenvalue weighted by Gasteiger charge is -2.55. The molecular formula is C18H44N4Si. The van der Waals surface area contributed by atoms with Crippen molar-refractivity contribution in [2.45, 2.75) is 105 Å². The van der Waals surface area contributed by atoms with Crippen LogP contribution < -0.4 is 9.96 Å². The van der Waals surface area contributed by atoms with Crippen molar-refractivity contribution in [1.82, 2.24) is 19.1 Å². The van der Waals surface area contributed by atoms with Crippen LogP contribution in [0.4, 0.5) is 0 Å². The Labute approximate surface area is 147 Å². The minimum atomic E-state index is -2.17. The molecule has 0 aliphatic rings. The van der Waals surface area contributed by atoms with E-state index >= 15 is 0 Å². The van der Waals surface area contributed by atoms with Gasteiger partial charge in [-0.1, -0.05) is 55.4 Å². The second-order valence-corrected chi connectivity index (χ2v) is 10.4. The fraction of sp³-hybridized carbons (Fsp3) is 1.00. The predicted octanol–water partition coefficient (Wildman–Crippen LogP) is 3.66. The Balaban J connectivity index is 6.14. The zero-order valence-electron chi connectivity index (χ0n) is 17.5. The number of nitrogens with one attached hydrogen (secondary N) is 2. The molecule has 0 aromatic carbocycles. The molecule has 0 bridgehead atoms. The summed E-state index contributed by atoms with van der Waals surface area (Å²) in [5.41, 5.74) is 0. The van der Waals surface area contributed by atoms with Crippen molar-refractivity contribution in [3.63, 3.8) is 0 Å². The Bertz CT molecular complexity index is 263. The van der Waals surface area contributed by atoms with E-state index in [0.717, 1.165) is 0 Å². The van der Waals surface area contributed by atoms with Gasteiger partial charge in [-0.05, 0) is 39.8 Å². The maximum absolute atomic E-state index is 3.81. The number of hydrogen-bond acceptors (Lipinski definition) is 4. The first-order chi connectivity index (χ1) is 10.8. The Morgan fingerprint density at radius 2 is 0.826 bits per heavy atom. The average Bonchev–Trinajstić information content (AvgIpc) is 2.59. The van der Waals surface area contributed by atoms with Crippen LogP contribution in [0.1, 0.15) is 81.1 Å². The van der Waals surface area contributed by atoms with Gasteiger partial charge in [0.05, 0.1) is 0 Å². The molecule has 0 heterocycles. The van der Waals surface area contributed by atoms with Gasteiger partial charge in [0.25, 0.3) is 0 Å². The molecule has 0 saturated carbocycles. The maximum atomic E-state index is 3.81. The Kier molecular flexibility index (Phi) is 10.9. The molecule has 0 radical (unpaired) electrons. The van der Waals surface area contributed by atoms with Crippen LogP contribution in [0, 0.1) is 0 Å². The molecule has 2 N–H and O–H groups in total. The number of rotatable bonds is 12. The fourth-order valence-electron chi connectivity index (χ4n) is 3.71. The van der Waals surface area contributed by atoms with Crippen LogP contribution in [0.25, 0.3) is 0 Å². The van der Waals surface area contributed by atoms with E-state index in [2.05, 4.69) is 88.6 Å². The van der Waals surface area contributed by atoms with Crippen LogP contribution >= 0.6 is 0 Å². The van der Waals surface area contributed by atoms with E-state index in [1.165, 1.54) is 25.7 Å². The minimum absolute atomic E-state index is 0.562. The van der Waals surface area contributed by atoms with Gasteiger partial charge in [0, 0.05) is 24.2 Å². The molecule has 0 spiro atoms. The molecule has 0 aliphatic heterocycles. The molecule has 5 heteroatoms. The summed E-state index contributed by atoms with van der Waals surface area (Å²) in [5.74, 6) is 0. The van der Waals surface area contributed by atoms with Crippen LogP contribution in [0.15, 0.2) is 0 Å². The van der Waals surface area contributed by atoms with Gasteiger partial charge in [0.1, 0.15) is 0 Å². The van der Waals surface area contributed by atoms with Crippen molar-refractivity contribution in [1.29, 1.82) is 0 Å². The largest absolute Gasteiger partial charge is 0.371 e. The van der Waals surface area contributed by atoms with Crippen molar-refractivity contribution >= 4 is 8.72 Å². The Morgan fingerprint density at radius 1 is 0.609 bits per heavy atom. The van der Waals surface area contributed by atoms with Crippen molar-refractivity contribution < 1.29 is 0 Å². The first-order valence-electron chi connectivity index (χ1n) is 9.75. The summed E-state index contributed by atoms with van der Waals surface area (Å²) in [6, 6.07) is 2.25. The van der Waals surface area contributed by atoms with Crippen LogP contribution in [0.3, 0.4) is 0 Å². The third-order valence-corrected chi connectivity index (χ3v) is 10.4. The highest BCUT2D eigenvalue weighted by molar-refractivity contribution is 6.69. The average molecular weight is 345 g/mol. The molecular weight excluding hydrogens is 300 g/mol. The van der Waals surface area contributed by atoms with Crippen molar-refractivity contribution in [2.24, 2.45) is 0 Å². The zero-order valence-corrected chi connectivity index (χ0v) is 18.5. The third kappa shape index (κ3) is 5.02. The third-order valence-electron chi connectivity index (χ3n) is 5.71. The number of hydrogen-bond donors (Lipinski definition) is 2. The quantitative estimate of drug-likeness (QED) is 0.529. The Morgan fingerprint density at radius 3 is 0.957 bits per heavy atom. The van der Waals surface area contributed by atoms with E-state index in [1.807, 2.05) is 0 Å². The molecule has 140 valence electrons. The van der Waals surface area contributed by atoms with E-state index in [1.54, 1.807) is 0 Å². The second kappa shape index (κ2) is 10.8. The predicted molar refractivity (Wildman–Crippen MR) is 107 cm³/mol. The second-order valence-electron chi connectivity index (χ2n) is 7.02. The van der Waals surface area contributed by atoms with Gasteiger partial charge in [-0.3, -0.25) is 9.13 Å². The van der Waals surface area contributed by atoms with E-state index in [-0.39, 0.29) is 0 Å². The first kappa shape index (κ1) is 23.1. The normalized spacial score (nSPS) is 18.3. The molecule has 0 aliphatic carbocycles. The highest BCUT2D eigenvalue weighted by Crippen LogP contribution is 2.26. The van der Waals surface area contributed by atoms with Crippen LogP contribution in [0.5, 0.6) is 0 Å². The summed E-state index contributed by atoms with van der Waals surface area (Å²) in [4.78, 5) is 7.61. The fourth-order valence-corrected chi connectivity index (χ4v) is 8.54. The molecule has 0 aromatic rings. The lowest BCUT2D eigenvalue weighted by atomic mass is 10.2. The highest BCUT2D eigenvalue weighted by atomic mass is 28.4. The molecule has 0 saturated heterocycles. The van der Waals surface area contributed by atoms with Gasteiger partial charge in [-0.15, -0.1) is 0 Å². The molecule has 4 atom stereocenters. The highest BCUT2D eigenvalue weighted by Gasteiger charge is 2.51. The SMILES string of the molecule is CCC(C)N(C(C)CC)[Si](NC)(NC)N(C(C)CC)C(C)CC. The summed E-state index contributed by atoms with van der Waals surface area (Å²) < 4.78 is 5.57. The topological polar surface area (TPSA) is 30.5 Å². The minimum Gasteiger partial charge on any atom is -0.303 e. The molecule has 4 nitrogen and oxygen atoms in total. The van der Waals surface area contributed by atoms with E-state index in [4.69, 9.17) is 0 Å². The van der Waals surface area contributed by atoms with Crippen molar-refractivity contribution in [3.8, 4) is 0 Å². The van der Waals surface area contributed by atoms with E-state index in [9.17, 15) is 0 Å². The molecule has 0 amide bonds.